The molecule has 0 fully saturated rings. The van der Waals surface area contributed by atoms with Crippen molar-refractivity contribution in [2.24, 2.45) is 4.99 Å². The Balaban J connectivity index is 0.00000128. The summed E-state index contributed by atoms with van der Waals surface area (Å²) in [5.74, 6) is 0.807. The molecule has 0 N–H and O–H groups in total. The van der Waals surface area contributed by atoms with Crippen LogP contribution < -0.4 is 0 Å². The zero-order chi connectivity index (χ0) is 11.0. The van der Waals surface area contributed by atoms with Gasteiger partial charge in [0, 0.05) is 56.1 Å². The van der Waals surface area contributed by atoms with Gasteiger partial charge in [0.05, 0.1) is 0 Å². The first kappa shape index (κ1) is 13.7. The summed E-state index contributed by atoms with van der Waals surface area (Å²) >= 11 is 0. The van der Waals surface area contributed by atoms with Crippen molar-refractivity contribution in [1.29, 1.82) is 0 Å². The normalized spacial score (nSPS) is 14.9. The minimum Gasteiger partial charge on any atom is -0.427 e. The van der Waals surface area contributed by atoms with Crippen LogP contribution in [0.15, 0.2) is 10.7 Å². The molecule has 81 valence electrons. The zero-order valence-electron chi connectivity index (χ0n) is 10.1. The summed E-state index contributed by atoms with van der Waals surface area (Å²) in [5, 5.41) is 0. The van der Waals surface area contributed by atoms with Crippen molar-refractivity contribution in [2.75, 3.05) is 0 Å². The van der Waals surface area contributed by atoms with Gasteiger partial charge in [-0.2, -0.15) is 0 Å². The third-order valence-corrected chi connectivity index (χ3v) is 2.41. The Hall–Kier alpha value is -0.406. The molecule has 1 aromatic rings. The molecule has 0 unspecified atom stereocenters. The fourth-order valence-corrected chi connectivity index (χ4v) is 1.81. The maximum Gasteiger partial charge on any atom is 0.152 e. The third kappa shape index (κ3) is 2.83. The second kappa shape index (κ2) is 5.28. The van der Waals surface area contributed by atoms with Gasteiger partial charge in [-0.1, -0.05) is 13.8 Å². The average molecular weight is 289 g/mol. The summed E-state index contributed by atoms with van der Waals surface area (Å²) < 4.78 is 0. The molecular weight excluding hydrogens is 275 g/mol. The van der Waals surface area contributed by atoms with Crippen LogP contribution in [0.4, 0.5) is 0 Å². The van der Waals surface area contributed by atoms with Crippen LogP contribution in [0.5, 0.6) is 0 Å². The van der Waals surface area contributed by atoms with Gasteiger partial charge in [-0.3, -0.25) is 15.0 Å². The fraction of sp³-hybridized carbons (Fsp3) is 0.417. The summed E-state index contributed by atoms with van der Waals surface area (Å²) in [6, 6.07) is 3.08. The van der Waals surface area contributed by atoms with E-state index in [1.165, 1.54) is 0 Å². The maximum atomic E-state index is 4.41. The summed E-state index contributed by atoms with van der Waals surface area (Å²) in [5.41, 5.74) is 5.10. The van der Waals surface area contributed by atoms with Gasteiger partial charge in [-0.15, -0.1) is 11.4 Å². The summed E-state index contributed by atoms with van der Waals surface area (Å²) in [6.07, 6.45) is 0.870. The standard InChI is InChI=1S/C12H14N3.Y/c1-7-5-8(2)15-12(14-7)11-6-9(3)13-10(11)4;/h6H2,1-4H3;/q-1;. The third-order valence-electron chi connectivity index (χ3n) is 2.41. The molecule has 0 saturated carbocycles. The summed E-state index contributed by atoms with van der Waals surface area (Å²) in [6.45, 7) is 7.93. The van der Waals surface area contributed by atoms with Crippen LogP contribution in [0.2, 0.25) is 0 Å². The van der Waals surface area contributed by atoms with Crippen LogP contribution in [-0.2, 0) is 32.7 Å². The first-order chi connectivity index (χ1) is 7.06. The van der Waals surface area contributed by atoms with Gasteiger partial charge in [0.25, 0.3) is 0 Å². The van der Waals surface area contributed by atoms with E-state index in [4.69, 9.17) is 0 Å². The van der Waals surface area contributed by atoms with E-state index in [0.29, 0.717) is 0 Å². The van der Waals surface area contributed by atoms with E-state index < -0.39 is 0 Å². The summed E-state index contributed by atoms with van der Waals surface area (Å²) in [4.78, 5) is 13.2. The number of nitrogens with zero attached hydrogens (tertiary/aromatic N) is 3. The Morgan fingerprint density at radius 2 is 1.56 bits per heavy atom. The number of hydrogen-bond donors (Lipinski definition) is 0. The first-order valence-corrected chi connectivity index (χ1v) is 5.05. The number of allylic oxidation sites excluding steroid dienone is 2. The van der Waals surface area contributed by atoms with E-state index in [2.05, 4.69) is 21.0 Å². The molecule has 0 saturated heterocycles. The molecule has 3 nitrogen and oxygen atoms in total. The Kier molecular flexibility index (Phi) is 4.51. The largest absolute Gasteiger partial charge is 0.427 e. The van der Waals surface area contributed by atoms with Gasteiger partial charge in [0.2, 0.25) is 0 Å². The fourth-order valence-electron chi connectivity index (χ4n) is 1.81. The number of aromatic nitrogens is 2. The maximum absolute atomic E-state index is 4.41. The van der Waals surface area contributed by atoms with E-state index in [1.807, 2.05) is 27.7 Å². The Morgan fingerprint density at radius 3 is 2.00 bits per heavy atom. The van der Waals surface area contributed by atoms with Crippen molar-refractivity contribution in [3.05, 3.63) is 29.0 Å². The van der Waals surface area contributed by atoms with E-state index in [0.717, 1.165) is 40.6 Å². The van der Waals surface area contributed by atoms with Crippen LogP contribution in [-0.4, -0.2) is 15.7 Å². The van der Waals surface area contributed by atoms with Gasteiger partial charge in [0.1, 0.15) is 0 Å². The molecule has 16 heavy (non-hydrogen) atoms. The van der Waals surface area contributed by atoms with Gasteiger partial charge >= 0.3 is 0 Å². The van der Waals surface area contributed by atoms with Crippen LogP contribution in [0.25, 0.3) is 5.57 Å². The van der Waals surface area contributed by atoms with Crippen molar-refractivity contribution in [1.82, 2.24) is 9.97 Å². The minimum atomic E-state index is 0. The Morgan fingerprint density at radius 1 is 1.00 bits per heavy atom. The first-order valence-electron chi connectivity index (χ1n) is 5.05. The smallest absolute Gasteiger partial charge is 0.152 e. The van der Waals surface area contributed by atoms with Gasteiger partial charge in [0.15, 0.2) is 5.82 Å². The summed E-state index contributed by atoms with van der Waals surface area (Å²) in [7, 11) is 0. The second-order valence-corrected chi connectivity index (χ2v) is 3.93. The molecule has 0 atom stereocenters. The van der Waals surface area contributed by atoms with E-state index in [1.54, 1.807) is 0 Å². The quantitative estimate of drug-likeness (QED) is 0.745. The number of rotatable bonds is 1. The molecule has 0 amide bonds. The molecule has 1 radical (unpaired) electrons. The topological polar surface area (TPSA) is 38.1 Å². The van der Waals surface area contributed by atoms with Crippen molar-refractivity contribution in [3.8, 4) is 0 Å². The molecule has 2 heterocycles. The number of hydrogen-bond acceptors (Lipinski definition) is 3. The van der Waals surface area contributed by atoms with Crippen molar-refractivity contribution >= 4 is 11.3 Å². The van der Waals surface area contributed by atoms with Crippen LogP contribution in [0.3, 0.4) is 0 Å². The SMILES string of the molecule is CC1=NC(C)=C(c2nc(C)[c-]c(C)n2)C1.[Y]. The van der Waals surface area contributed by atoms with E-state index in [9.17, 15) is 0 Å². The second-order valence-electron chi connectivity index (χ2n) is 3.93. The average Bonchev–Trinajstić information content (AvgIpc) is 2.43. The van der Waals surface area contributed by atoms with Crippen molar-refractivity contribution in [2.45, 2.75) is 34.1 Å². The monoisotopic (exact) mass is 289 g/mol. The van der Waals surface area contributed by atoms with Crippen LogP contribution in [0.1, 0.15) is 37.5 Å². The zero-order valence-corrected chi connectivity index (χ0v) is 13.0. The molecule has 1 aliphatic rings. The van der Waals surface area contributed by atoms with Crippen LogP contribution in [0, 0.1) is 19.9 Å². The Bertz CT molecular complexity index is 455. The van der Waals surface area contributed by atoms with Crippen molar-refractivity contribution in [3.63, 3.8) is 0 Å². The molecule has 0 aromatic carbocycles. The van der Waals surface area contributed by atoms with Crippen LogP contribution >= 0.6 is 0 Å². The number of aliphatic imine (C=N–C) groups is 1. The minimum absolute atomic E-state index is 0. The molecule has 0 spiro atoms. The molecule has 0 bridgehead atoms. The predicted octanol–water partition coefficient (Wildman–Crippen LogP) is 2.49. The molecule has 4 heteroatoms. The molecule has 1 aromatic heterocycles. The van der Waals surface area contributed by atoms with Gasteiger partial charge < -0.3 is 6.07 Å². The van der Waals surface area contributed by atoms with Gasteiger partial charge in [-0.25, -0.2) is 0 Å². The van der Waals surface area contributed by atoms with E-state index >= 15 is 0 Å². The van der Waals surface area contributed by atoms with Gasteiger partial charge in [-0.05, 0) is 13.8 Å². The molecular formula is C12H14N3Y-. The predicted molar refractivity (Wildman–Crippen MR) is 60.7 cm³/mol. The van der Waals surface area contributed by atoms with Crippen molar-refractivity contribution < 1.29 is 32.7 Å². The molecule has 2 rings (SSSR count). The Labute approximate surface area is 121 Å². The molecule has 1 aliphatic heterocycles. The van der Waals surface area contributed by atoms with E-state index in [-0.39, 0.29) is 32.7 Å². The molecule has 0 aliphatic carbocycles. The number of aryl methyl sites for hydroxylation is 2.